The van der Waals surface area contributed by atoms with Crippen LogP contribution >= 0.6 is 45.2 Å². The number of ether oxygens (including phenoxy) is 2. The van der Waals surface area contributed by atoms with E-state index in [0.29, 0.717) is 24.2 Å². The maximum atomic E-state index is 5.23. The first kappa shape index (κ1) is 31.3. The Morgan fingerprint density at radius 3 is 1.21 bits per heavy atom. The fraction of sp³-hybridized carbons (Fsp3) is 0.333. The number of halogens is 2. The van der Waals surface area contributed by atoms with Crippen molar-refractivity contribution >= 4 is 45.2 Å². The van der Waals surface area contributed by atoms with Crippen LogP contribution in [0.4, 0.5) is 0 Å². The SMILES string of the molecule is COc1ccc(CN2[C@H](CI)C[C@@H]2c2ccccc2)cc1.COc1ccc(CN2[C@H](CI)C[C@@H]2c2ccccc2)cc1. The van der Waals surface area contributed by atoms with Crippen LogP contribution in [0.3, 0.4) is 0 Å². The molecule has 0 N–H and O–H groups in total. The summed E-state index contributed by atoms with van der Waals surface area (Å²) in [4.78, 5) is 5.23. The second-order valence-electron chi connectivity index (χ2n) is 11.0. The molecule has 220 valence electrons. The highest BCUT2D eigenvalue weighted by Gasteiger charge is 2.39. The van der Waals surface area contributed by atoms with E-state index in [4.69, 9.17) is 9.47 Å². The van der Waals surface area contributed by atoms with Crippen LogP contribution < -0.4 is 9.47 Å². The van der Waals surface area contributed by atoms with E-state index >= 15 is 0 Å². The van der Waals surface area contributed by atoms with E-state index in [1.54, 1.807) is 14.2 Å². The third-order valence-electron chi connectivity index (χ3n) is 8.50. The number of rotatable bonds is 10. The molecule has 0 amide bonds. The minimum Gasteiger partial charge on any atom is -0.497 e. The highest BCUT2D eigenvalue weighted by atomic mass is 127. The molecule has 4 atom stereocenters. The molecule has 4 nitrogen and oxygen atoms in total. The number of alkyl halides is 2. The summed E-state index contributed by atoms with van der Waals surface area (Å²) in [5.41, 5.74) is 5.58. The fourth-order valence-corrected chi connectivity index (χ4v) is 7.69. The molecule has 6 rings (SSSR count). The molecular formula is C36H40I2N2O2. The Kier molecular flexibility index (Phi) is 11.6. The first-order chi connectivity index (χ1) is 20.6. The lowest BCUT2D eigenvalue weighted by Crippen LogP contribution is -2.50. The van der Waals surface area contributed by atoms with Gasteiger partial charge in [-0.25, -0.2) is 0 Å². The third kappa shape index (κ3) is 7.68. The van der Waals surface area contributed by atoms with E-state index in [9.17, 15) is 0 Å². The van der Waals surface area contributed by atoms with Gasteiger partial charge >= 0.3 is 0 Å². The first-order valence-corrected chi connectivity index (χ1v) is 17.7. The molecule has 0 bridgehead atoms. The molecule has 4 aromatic rings. The molecule has 0 saturated carbocycles. The summed E-state index contributed by atoms with van der Waals surface area (Å²) in [5.74, 6) is 1.85. The fourth-order valence-electron chi connectivity index (χ4n) is 5.96. The topological polar surface area (TPSA) is 24.9 Å². The first-order valence-electron chi connectivity index (χ1n) is 14.6. The maximum absolute atomic E-state index is 5.23. The van der Waals surface area contributed by atoms with E-state index < -0.39 is 0 Å². The summed E-state index contributed by atoms with van der Waals surface area (Å²) in [6.07, 6.45) is 2.53. The predicted octanol–water partition coefficient (Wildman–Crippen LogP) is 8.89. The summed E-state index contributed by atoms with van der Waals surface area (Å²) >= 11 is 5.00. The summed E-state index contributed by atoms with van der Waals surface area (Å²) < 4.78 is 12.8. The Hall–Kier alpha value is -2.14. The molecule has 2 fully saturated rings. The van der Waals surface area contributed by atoms with Crippen LogP contribution in [0.2, 0.25) is 0 Å². The van der Waals surface area contributed by atoms with Gasteiger partial charge in [-0.2, -0.15) is 0 Å². The van der Waals surface area contributed by atoms with Gasteiger partial charge in [0.15, 0.2) is 0 Å². The van der Waals surface area contributed by atoms with Gasteiger partial charge in [-0.1, -0.05) is 130 Å². The molecule has 2 heterocycles. The zero-order chi connectivity index (χ0) is 29.3. The monoisotopic (exact) mass is 786 g/mol. The summed E-state index contributed by atoms with van der Waals surface area (Å²) in [6.45, 7) is 2.02. The summed E-state index contributed by atoms with van der Waals surface area (Å²) in [5, 5.41) is 0. The van der Waals surface area contributed by atoms with Gasteiger partial charge < -0.3 is 9.47 Å². The van der Waals surface area contributed by atoms with Gasteiger partial charge in [0.1, 0.15) is 11.5 Å². The number of hydrogen-bond acceptors (Lipinski definition) is 4. The Bertz CT molecular complexity index is 1250. The van der Waals surface area contributed by atoms with Crippen molar-refractivity contribution in [2.75, 3.05) is 23.1 Å². The van der Waals surface area contributed by atoms with Crippen molar-refractivity contribution in [3.05, 3.63) is 131 Å². The molecule has 0 unspecified atom stereocenters. The minimum absolute atomic E-state index is 0.563. The molecular weight excluding hydrogens is 746 g/mol. The Labute approximate surface area is 278 Å². The van der Waals surface area contributed by atoms with Crippen molar-refractivity contribution in [3.8, 4) is 11.5 Å². The molecule has 0 aromatic heterocycles. The van der Waals surface area contributed by atoms with Gasteiger partial charge in [-0.3, -0.25) is 9.80 Å². The Balaban J connectivity index is 0.000000168. The van der Waals surface area contributed by atoms with Crippen LogP contribution in [0, 0.1) is 0 Å². The van der Waals surface area contributed by atoms with E-state index in [-0.39, 0.29) is 0 Å². The smallest absolute Gasteiger partial charge is 0.118 e. The van der Waals surface area contributed by atoms with E-state index in [1.165, 1.54) is 44.0 Å². The van der Waals surface area contributed by atoms with Gasteiger partial charge in [0.05, 0.1) is 14.2 Å². The van der Waals surface area contributed by atoms with E-state index in [2.05, 4.69) is 140 Å². The molecule has 0 aliphatic carbocycles. The summed E-state index contributed by atoms with van der Waals surface area (Å²) in [7, 11) is 3.42. The molecule has 0 radical (unpaired) electrons. The van der Waals surface area contributed by atoms with Crippen LogP contribution in [-0.4, -0.2) is 45.0 Å². The second-order valence-corrected chi connectivity index (χ2v) is 12.7. The van der Waals surface area contributed by atoms with Crippen molar-refractivity contribution in [2.45, 2.75) is 50.1 Å². The van der Waals surface area contributed by atoms with E-state index in [0.717, 1.165) is 24.6 Å². The normalized spacial score (nSPS) is 21.8. The molecule has 0 spiro atoms. The minimum atomic E-state index is 0.563. The number of benzene rings is 4. The number of methoxy groups -OCH3 is 2. The molecule has 2 aliphatic heterocycles. The molecule has 42 heavy (non-hydrogen) atoms. The standard InChI is InChI=1S/2C18H20INO/c2*1-21-17-9-7-14(8-10-17)13-20-16(12-19)11-18(20)15-5-3-2-4-6-15/h2*2-10,16,18H,11-13H2,1H3/t2*16-,18+/m00/s1. The number of likely N-dealkylation sites (tertiary alicyclic amines) is 2. The third-order valence-corrected chi connectivity index (χ3v) is 10.5. The average molecular weight is 787 g/mol. The zero-order valence-corrected chi connectivity index (χ0v) is 28.7. The number of nitrogens with zero attached hydrogens (tertiary/aromatic N) is 2. The van der Waals surface area contributed by atoms with E-state index in [1.807, 2.05) is 24.3 Å². The lowest BCUT2D eigenvalue weighted by molar-refractivity contribution is 0.0211. The van der Waals surface area contributed by atoms with Crippen molar-refractivity contribution in [1.82, 2.24) is 9.80 Å². The number of hydrogen-bond donors (Lipinski definition) is 0. The lowest BCUT2D eigenvalue weighted by atomic mass is 9.87. The van der Waals surface area contributed by atoms with Gasteiger partial charge in [0, 0.05) is 46.1 Å². The van der Waals surface area contributed by atoms with Crippen molar-refractivity contribution in [3.63, 3.8) is 0 Å². The van der Waals surface area contributed by atoms with Gasteiger partial charge in [0.2, 0.25) is 0 Å². The second kappa shape index (κ2) is 15.5. The predicted molar refractivity (Wildman–Crippen MR) is 190 cm³/mol. The van der Waals surface area contributed by atoms with Crippen LogP contribution in [0.15, 0.2) is 109 Å². The Morgan fingerprint density at radius 2 is 0.905 bits per heavy atom. The largest absolute Gasteiger partial charge is 0.497 e. The van der Waals surface area contributed by atoms with Crippen molar-refractivity contribution in [2.24, 2.45) is 0 Å². The van der Waals surface area contributed by atoms with Crippen molar-refractivity contribution < 1.29 is 9.47 Å². The highest BCUT2D eigenvalue weighted by Crippen LogP contribution is 2.41. The maximum Gasteiger partial charge on any atom is 0.118 e. The highest BCUT2D eigenvalue weighted by molar-refractivity contribution is 14.1. The zero-order valence-electron chi connectivity index (χ0n) is 24.4. The van der Waals surface area contributed by atoms with Crippen LogP contribution in [0.25, 0.3) is 0 Å². The van der Waals surface area contributed by atoms with Crippen LogP contribution in [0.5, 0.6) is 11.5 Å². The lowest BCUT2D eigenvalue weighted by Gasteiger charge is -2.48. The van der Waals surface area contributed by atoms with Gasteiger partial charge in [-0.15, -0.1) is 0 Å². The van der Waals surface area contributed by atoms with Crippen molar-refractivity contribution in [1.29, 1.82) is 0 Å². The molecule has 2 saturated heterocycles. The van der Waals surface area contributed by atoms with Gasteiger partial charge in [0.25, 0.3) is 0 Å². The molecule has 6 heteroatoms. The summed E-state index contributed by atoms with van der Waals surface area (Å²) in [6, 6.07) is 41.1. The van der Waals surface area contributed by atoms with Gasteiger partial charge in [-0.05, 0) is 59.4 Å². The van der Waals surface area contributed by atoms with Crippen LogP contribution in [0.1, 0.15) is 47.2 Å². The average Bonchev–Trinajstić information content (AvgIpc) is 3.04. The molecule has 2 aliphatic rings. The molecule has 4 aromatic carbocycles. The Morgan fingerprint density at radius 1 is 0.548 bits per heavy atom. The quantitative estimate of drug-likeness (QED) is 0.119. The van der Waals surface area contributed by atoms with Crippen LogP contribution in [-0.2, 0) is 13.1 Å².